The molecule has 0 amide bonds. The lowest BCUT2D eigenvalue weighted by atomic mass is 10.1. The Balaban J connectivity index is 2.38. The minimum atomic E-state index is -0.143. The number of ketones is 1. The fourth-order valence-corrected chi connectivity index (χ4v) is 2.51. The van der Waals surface area contributed by atoms with Crippen molar-refractivity contribution in [2.24, 2.45) is 0 Å². The maximum Gasteiger partial charge on any atom is 0.170 e. The highest BCUT2D eigenvalue weighted by atomic mass is 32.2. The molecule has 0 saturated heterocycles. The van der Waals surface area contributed by atoms with E-state index in [1.807, 2.05) is 48.5 Å². The van der Waals surface area contributed by atoms with Gasteiger partial charge >= 0.3 is 0 Å². The lowest BCUT2D eigenvalue weighted by Gasteiger charge is -2.08. The van der Waals surface area contributed by atoms with Gasteiger partial charge in [0.2, 0.25) is 0 Å². The molecule has 0 aliphatic carbocycles. The molecule has 0 atom stereocenters. The molecule has 2 aromatic carbocycles. The molecule has 2 aromatic rings. The number of benzene rings is 2. The van der Waals surface area contributed by atoms with E-state index in [2.05, 4.69) is 0 Å². The number of rotatable bonds is 4. The quantitative estimate of drug-likeness (QED) is 0.511. The molecule has 1 N–H and O–H groups in total. The van der Waals surface area contributed by atoms with E-state index in [1.165, 1.54) is 18.7 Å². The summed E-state index contributed by atoms with van der Waals surface area (Å²) < 4.78 is 0. The first-order chi connectivity index (χ1) is 9.18. The first-order valence-electron chi connectivity index (χ1n) is 5.91. The summed E-state index contributed by atoms with van der Waals surface area (Å²) in [5.41, 5.74) is 0.649. The Hall–Kier alpha value is -2.00. The molecule has 0 aliphatic rings. The molecule has 2 nitrogen and oxygen atoms in total. The minimum absolute atomic E-state index is 0.0296. The zero-order valence-electron chi connectivity index (χ0n) is 10.5. The van der Waals surface area contributed by atoms with Gasteiger partial charge in [0.15, 0.2) is 5.78 Å². The monoisotopic (exact) mass is 270 g/mol. The van der Waals surface area contributed by atoms with Crippen LogP contribution in [-0.4, -0.2) is 10.9 Å². The zero-order valence-corrected chi connectivity index (χ0v) is 11.4. The summed E-state index contributed by atoms with van der Waals surface area (Å²) in [6, 6.07) is 18.6. The van der Waals surface area contributed by atoms with Crippen LogP contribution in [-0.2, 0) is 4.79 Å². The lowest BCUT2D eigenvalue weighted by Crippen LogP contribution is -1.98. The van der Waals surface area contributed by atoms with Gasteiger partial charge in [0, 0.05) is 10.5 Å². The summed E-state index contributed by atoms with van der Waals surface area (Å²) in [6.07, 6.45) is 0. The van der Waals surface area contributed by atoms with Crippen LogP contribution in [0.1, 0.15) is 12.5 Å². The molecule has 0 fully saturated rings. The number of hydrogen-bond acceptors (Lipinski definition) is 3. The molecule has 0 unspecified atom stereocenters. The van der Waals surface area contributed by atoms with Gasteiger partial charge in [0.25, 0.3) is 0 Å². The van der Waals surface area contributed by atoms with Crippen molar-refractivity contribution in [3.8, 4) is 0 Å². The summed E-state index contributed by atoms with van der Waals surface area (Å²) in [6.45, 7) is 1.46. The largest absolute Gasteiger partial charge is 0.506 e. The number of aliphatic hydroxyl groups excluding tert-OH is 1. The Labute approximate surface area is 116 Å². The van der Waals surface area contributed by atoms with Crippen LogP contribution in [0.4, 0.5) is 0 Å². The first-order valence-corrected chi connectivity index (χ1v) is 6.72. The van der Waals surface area contributed by atoms with Crippen molar-refractivity contribution in [1.82, 2.24) is 0 Å². The maximum absolute atomic E-state index is 11.7. The fourth-order valence-electron chi connectivity index (χ4n) is 1.62. The predicted molar refractivity (Wildman–Crippen MR) is 79.0 cm³/mol. The number of hydrogen-bond donors (Lipinski definition) is 1. The highest BCUT2D eigenvalue weighted by Crippen LogP contribution is 2.32. The Bertz CT molecular complexity index is 589. The maximum atomic E-state index is 11.7. The lowest BCUT2D eigenvalue weighted by molar-refractivity contribution is -0.112. The van der Waals surface area contributed by atoms with Crippen molar-refractivity contribution in [1.29, 1.82) is 0 Å². The molecule has 2 rings (SSSR count). The average molecular weight is 270 g/mol. The van der Waals surface area contributed by atoms with E-state index in [4.69, 9.17) is 0 Å². The van der Waals surface area contributed by atoms with Crippen LogP contribution in [0.5, 0.6) is 0 Å². The Morgan fingerprint density at radius 1 is 0.947 bits per heavy atom. The van der Waals surface area contributed by atoms with Gasteiger partial charge in [-0.25, -0.2) is 0 Å². The average Bonchev–Trinajstić information content (AvgIpc) is 2.46. The van der Waals surface area contributed by atoms with Crippen LogP contribution in [0.15, 0.2) is 70.5 Å². The molecule has 19 heavy (non-hydrogen) atoms. The molecular weight excluding hydrogens is 256 g/mol. The molecular formula is C16H14O2S. The molecule has 0 radical (unpaired) electrons. The molecule has 0 aliphatic heterocycles. The Morgan fingerprint density at radius 3 is 2.00 bits per heavy atom. The van der Waals surface area contributed by atoms with Gasteiger partial charge in [0.05, 0.1) is 4.91 Å². The molecule has 3 heteroatoms. The van der Waals surface area contributed by atoms with Gasteiger partial charge < -0.3 is 5.11 Å². The number of carbonyl (C=O) groups excluding carboxylic acids is 1. The third-order valence-corrected chi connectivity index (χ3v) is 3.74. The molecule has 0 heterocycles. The summed E-state index contributed by atoms with van der Waals surface area (Å²) in [7, 11) is 0. The number of Topliss-reactive ketones (excluding diaryl/α,β-unsaturated/α-hetero) is 1. The topological polar surface area (TPSA) is 37.3 Å². The van der Waals surface area contributed by atoms with Crippen molar-refractivity contribution in [3.05, 3.63) is 71.1 Å². The fraction of sp³-hybridized carbons (Fsp3) is 0.0625. The van der Waals surface area contributed by atoms with E-state index in [0.29, 0.717) is 10.5 Å². The van der Waals surface area contributed by atoms with Crippen molar-refractivity contribution in [3.63, 3.8) is 0 Å². The van der Waals surface area contributed by atoms with E-state index in [1.54, 1.807) is 12.1 Å². The van der Waals surface area contributed by atoms with Gasteiger partial charge in [-0.2, -0.15) is 0 Å². The van der Waals surface area contributed by atoms with Gasteiger partial charge in [0.1, 0.15) is 5.76 Å². The van der Waals surface area contributed by atoms with Crippen LogP contribution >= 0.6 is 11.8 Å². The summed E-state index contributed by atoms with van der Waals surface area (Å²) in [4.78, 5) is 13.0. The van der Waals surface area contributed by atoms with E-state index in [-0.39, 0.29) is 11.5 Å². The molecule has 0 aromatic heterocycles. The molecule has 96 valence electrons. The summed E-state index contributed by atoms with van der Waals surface area (Å²) in [5.74, 6) is -0.114. The third kappa shape index (κ3) is 3.48. The smallest absolute Gasteiger partial charge is 0.170 e. The van der Waals surface area contributed by atoms with Crippen molar-refractivity contribution < 1.29 is 9.90 Å². The third-order valence-electron chi connectivity index (χ3n) is 2.55. The van der Waals surface area contributed by atoms with Crippen molar-refractivity contribution in [2.75, 3.05) is 0 Å². The van der Waals surface area contributed by atoms with Crippen molar-refractivity contribution in [2.45, 2.75) is 11.8 Å². The number of thioether (sulfide) groups is 1. The normalized spacial score (nSPS) is 11.8. The van der Waals surface area contributed by atoms with Gasteiger partial charge in [-0.1, -0.05) is 60.3 Å². The number of carbonyl (C=O) groups is 1. The second-order valence-electron chi connectivity index (χ2n) is 4.02. The molecule has 0 bridgehead atoms. The van der Waals surface area contributed by atoms with Crippen molar-refractivity contribution >= 4 is 23.3 Å². The molecule has 0 saturated carbocycles. The number of allylic oxidation sites excluding steroid dienone is 1. The minimum Gasteiger partial charge on any atom is -0.506 e. The van der Waals surface area contributed by atoms with E-state index < -0.39 is 0 Å². The highest BCUT2D eigenvalue weighted by molar-refractivity contribution is 8.04. The van der Waals surface area contributed by atoms with E-state index >= 15 is 0 Å². The van der Waals surface area contributed by atoms with Crippen LogP contribution in [0.3, 0.4) is 0 Å². The van der Waals surface area contributed by atoms with Crippen LogP contribution in [0.25, 0.3) is 5.76 Å². The highest BCUT2D eigenvalue weighted by Gasteiger charge is 2.14. The van der Waals surface area contributed by atoms with E-state index in [0.717, 1.165) is 4.90 Å². The van der Waals surface area contributed by atoms with E-state index in [9.17, 15) is 9.90 Å². The second kappa shape index (κ2) is 6.25. The second-order valence-corrected chi connectivity index (χ2v) is 5.10. The summed E-state index contributed by atoms with van der Waals surface area (Å²) in [5, 5.41) is 10.2. The van der Waals surface area contributed by atoms with Gasteiger partial charge in [-0.05, 0) is 19.1 Å². The first kappa shape index (κ1) is 13.4. The zero-order chi connectivity index (χ0) is 13.7. The Kier molecular flexibility index (Phi) is 4.42. The van der Waals surface area contributed by atoms with Gasteiger partial charge in [-0.3, -0.25) is 4.79 Å². The van der Waals surface area contributed by atoms with Crippen LogP contribution in [0.2, 0.25) is 0 Å². The van der Waals surface area contributed by atoms with Crippen LogP contribution in [0, 0.1) is 0 Å². The SMILES string of the molecule is CC(=O)C(Sc1ccccc1)=C(O)c1ccccc1. The standard InChI is InChI=1S/C16H14O2S/c1-12(17)16(19-14-10-6-3-7-11-14)15(18)13-8-4-2-5-9-13/h2-11,18H,1H3. The summed E-state index contributed by atoms with van der Waals surface area (Å²) >= 11 is 1.28. The van der Waals surface area contributed by atoms with Crippen LogP contribution < -0.4 is 0 Å². The molecule has 0 spiro atoms. The Morgan fingerprint density at radius 2 is 1.47 bits per heavy atom. The number of aliphatic hydroxyl groups is 1. The predicted octanol–water partition coefficient (Wildman–Crippen LogP) is 4.29. The van der Waals surface area contributed by atoms with Gasteiger partial charge in [-0.15, -0.1) is 0 Å².